The van der Waals surface area contributed by atoms with Crippen molar-refractivity contribution in [3.05, 3.63) is 41.6 Å². The maximum Gasteiger partial charge on any atom is 0.213 e. The second-order valence-electron chi connectivity index (χ2n) is 10.7. The van der Waals surface area contributed by atoms with Gasteiger partial charge in [0.25, 0.3) is 0 Å². The lowest BCUT2D eigenvalue weighted by Gasteiger charge is -2.22. The second kappa shape index (κ2) is 14.4. The Bertz CT molecular complexity index is 1240. The predicted molar refractivity (Wildman–Crippen MR) is 160 cm³/mol. The smallest absolute Gasteiger partial charge is 0.213 e. The minimum absolute atomic E-state index is 0.737. The third-order valence-electron chi connectivity index (χ3n) is 8.07. The molecule has 1 aromatic heterocycles. The van der Waals surface area contributed by atoms with E-state index >= 15 is 0 Å². The topological polar surface area (TPSA) is 40.8 Å². The highest BCUT2D eigenvalue weighted by Crippen LogP contribution is 2.42. The van der Waals surface area contributed by atoms with E-state index in [9.17, 15) is 0 Å². The Morgan fingerprint density at radius 2 is 1.44 bits per heavy atom. The van der Waals surface area contributed by atoms with Gasteiger partial charge in [0.15, 0.2) is 35.2 Å². The molecule has 0 aliphatic carbocycles. The molecule has 0 bridgehead atoms. The number of unbranched alkanes of at least 4 members (excludes halogenated alkanes) is 8. The van der Waals surface area contributed by atoms with E-state index in [1.54, 1.807) is 21.3 Å². The van der Waals surface area contributed by atoms with E-state index in [1.807, 2.05) is 6.07 Å². The first-order chi connectivity index (χ1) is 19.2. The fraction of sp³-hybridized carbons (Fsp3) is 0.559. The Hall–Kier alpha value is -2.95. The van der Waals surface area contributed by atoms with E-state index in [-0.39, 0.29) is 0 Å². The summed E-state index contributed by atoms with van der Waals surface area (Å²) in [6.07, 6.45) is 14.4. The fourth-order valence-electron chi connectivity index (χ4n) is 5.94. The molecule has 5 heteroatoms. The van der Waals surface area contributed by atoms with Crippen LogP contribution in [-0.2, 0) is 19.4 Å². The van der Waals surface area contributed by atoms with Crippen molar-refractivity contribution in [2.24, 2.45) is 0 Å². The summed E-state index contributed by atoms with van der Waals surface area (Å²) < 4.78 is 26.2. The molecule has 39 heavy (non-hydrogen) atoms. The van der Waals surface area contributed by atoms with Crippen molar-refractivity contribution in [2.45, 2.75) is 97.4 Å². The summed E-state index contributed by atoms with van der Waals surface area (Å²) in [4.78, 5) is 0. The molecule has 0 amide bonds. The third-order valence-corrected chi connectivity index (χ3v) is 8.07. The molecule has 212 valence electrons. The lowest BCUT2D eigenvalue weighted by molar-refractivity contribution is -0.693. The van der Waals surface area contributed by atoms with Crippen LogP contribution in [-0.4, -0.2) is 27.9 Å². The summed E-state index contributed by atoms with van der Waals surface area (Å²) in [6, 6.07) is 10.9. The Kier molecular flexibility index (Phi) is 10.8. The van der Waals surface area contributed by atoms with Crippen LogP contribution >= 0.6 is 0 Å². The zero-order chi connectivity index (χ0) is 27.6. The molecular weight excluding hydrogens is 486 g/mol. The Morgan fingerprint density at radius 1 is 0.718 bits per heavy atom. The lowest BCUT2D eigenvalue weighted by atomic mass is 9.92. The molecule has 3 aromatic rings. The number of benzene rings is 2. The molecular formula is C34H48NO4+. The van der Waals surface area contributed by atoms with Crippen molar-refractivity contribution in [1.82, 2.24) is 0 Å². The van der Waals surface area contributed by atoms with Gasteiger partial charge < -0.3 is 18.9 Å². The average Bonchev–Trinajstić information content (AvgIpc) is 2.97. The van der Waals surface area contributed by atoms with Gasteiger partial charge in [0, 0.05) is 18.9 Å². The highest BCUT2D eigenvalue weighted by molar-refractivity contribution is 5.94. The summed E-state index contributed by atoms with van der Waals surface area (Å²) in [6.45, 7) is 6.19. The summed E-state index contributed by atoms with van der Waals surface area (Å²) >= 11 is 0. The molecule has 0 N–H and O–H groups in total. The van der Waals surface area contributed by atoms with Crippen LogP contribution in [0.1, 0.15) is 89.3 Å². The van der Waals surface area contributed by atoms with Crippen LogP contribution in [0.4, 0.5) is 0 Å². The van der Waals surface area contributed by atoms with E-state index in [0.717, 1.165) is 61.8 Å². The molecule has 0 unspecified atom stereocenters. The Morgan fingerprint density at radius 3 is 2.15 bits per heavy atom. The maximum absolute atomic E-state index is 6.25. The molecule has 0 saturated carbocycles. The molecule has 5 nitrogen and oxygen atoms in total. The monoisotopic (exact) mass is 534 g/mol. The number of hydrogen-bond donors (Lipinski definition) is 0. The fourth-order valence-corrected chi connectivity index (χ4v) is 5.94. The van der Waals surface area contributed by atoms with Gasteiger partial charge in [-0.2, -0.15) is 4.57 Å². The van der Waals surface area contributed by atoms with Gasteiger partial charge in [0.05, 0.1) is 38.9 Å². The van der Waals surface area contributed by atoms with Gasteiger partial charge >= 0.3 is 0 Å². The van der Waals surface area contributed by atoms with Gasteiger partial charge in [-0.05, 0) is 48.1 Å². The van der Waals surface area contributed by atoms with E-state index in [2.05, 4.69) is 42.7 Å². The number of nitrogens with zero attached hydrogens (tertiary/aromatic N) is 1. The number of rotatable bonds is 16. The van der Waals surface area contributed by atoms with Crippen molar-refractivity contribution < 1.29 is 23.5 Å². The van der Waals surface area contributed by atoms with Crippen LogP contribution in [0.25, 0.3) is 22.0 Å². The molecule has 0 radical (unpaired) electrons. The van der Waals surface area contributed by atoms with Gasteiger partial charge in [-0.3, -0.25) is 0 Å². The van der Waals surface area contributed by atoms with Gasteiger partial charge in [0.1, 0.15) is 0 Å². The molecule has 1 aliphatic heterocycles. The molecule has 0 fully saturated rings. The van der Waals surface area contributed by atoms with Gasteiger partial charge in [-0.15, -0.1) is 0 Å². The van der Waals surface area contributed by atoms with Crippen molar-refractivity contribution in [3.63, 3.8) is 0 Å². The minimum Gasteiger partial charge on any atom is -0.493 e. The summed E-state index contributed by atoms with van der Waals surface area (Å²) in [5.41, 5.74) is 5.13. The number of aryl methyl sites for hydroxylation is 2. The molecule has 4 rings (SSSR count). The largest absolute Gasteiger partial charge is 0.493 e. The van der Waals surface area contributed by atoms with Crippen molar-refractivity contribution >= 4 is 10.8 Å². The van der Waals surface area contributed by atoms with Gasteiger partial charge in [-0.25, -0.2) is 0 Å². The van der Waals surface area contributed by atoms with E-state index < -0.39 is 0 Å². The first-order valence-corrected chi connectivity index (χ1v) is 15.1. The zero-order valence-corrected chi connectivity index (χ0v) is 24.9. The number of ether oxygens (including phenoxy) is 4. The first-order valence-electron chi connectivity index (χ1n) is 15.1. The zero-order valence-electron chi connectivity index (χ0n) is 24.9. The maximum atomic E-state index is 6.25. The summed E-state index contributed by atoms with van der Waals surface area (Å²) in [5.74, 6) is 3.29. The number of hydrogen-bond acceptors (Lipinski definition) is 4. The second-order valence-corrected chi connectivity index (χ2v) is 10.7. The highest BCUT2D eigenvalue weighted by Gasteiger charge is 2.31. The van der Waals surface area contributed by atoms with Crippen LogP contribution in [0.3, 0.4) is 0 Å². The first kappa shape index (κ1) is 29.0. The van der Waals surface area contributed by atoms with Crippen LogP contribution < -0.4 is 23.5 Å². The van der Waals surface area contributed by atoms with Crippen molar-refractivity contribution in [3.8, 4) is 34.3 Å². The van der Waals surface area contributed by atoms with Crippen LogP contribution in [0, 0.1) is 0 Å². The third kappa shape index (κ3) is 6.62. The minimum atomic E-state index is 0.737. The highest BCUT2D eigenvalue weighted by atomic mass is 16.5. The van der Waals surface area contributed by atoms with Gasteiger partial charge in [0.2, 0.25) is 5.69 Å². The molecule has 0 saturated heterocycles. The van der Waals surface area contributed by atoms with E-state index in [4.69, 9.17) is 18.9 Å². The number of pyridine rings is 1. The van der Waals surface area contributed by atoms with E-state index in [1.165, 1.54) is 84.7 Å². The number of methoxy groups -OCH3 is 3. The van der Waals surface area contributed by atoms with E-state index in [0.29, 0.717) is 0 Å². The van der Waals surface area contributed by atoms with Crippen molar-refractivity contribution in [1.29, 1.82) is 0 Å². The van der Waals surface area contributed by atoms with Crippen molar-refractivity contribution in [2.75, 3.05) is 27.9 Å². The molecule has 1 aliphatic rings. The lowest BCUT2D eigenvalue weighted by Crippen LogP contribution is -2.44. The normalized spacial score (nSPS) is 12.2. The van der Waals surface area contributed by atoms with Crippen LogP contribution in [0.5, 0.6) is 23.0 Å². The summed E-state index contributed by atoms with van der Waals surface area (Å²) in [7, 11) is 5.20. The van der Waals surface area contributed by atoms with Crippen LogP contribution in [0.15, 0.2) is 30.3 Å². The van der Waals surface area contributed by atoms with Gasteiger partial charge in [-0.1, -0.05) is 65.2 Å². The molecule has 0 atom stereocenters. The molecule has 2 heterocycles. The average molecular weight is 535 g/mol. The molecule has 2 aromatic carbocycles. The SMILES string of the molecule is CCCCCCCCOc1cc2c(cc1OC)-c1cc3ccc(OC)c(OC)c3c(CCCCCC)[n+]1CC2. The quantitative estimate of drug-likeness (QED) is 0.137. The summed E-state index contributed by atoms with van der Waals surface area (Å²) in [5, 5.41) is 2.35. The Balaban J connectivity index is 1.69. The predicted octanol–water partition coefficient (Wildman–Crippen LogP) is 8.24. The Labute approximate surface area is 235 Å². The standard InChI is InChI=1S/C34H48NO4/c1-6-8-10-12-13-15-21-39-32-23-25-19-20-35-28(16-14-11-9-7-2)33-26(17-18-30(36-3)34(33)38-5)22-29(35)27(25)24-31(32)37-4/h17-18,22-24H,6-16,19-21H2,1-5H3/q+1. The van der Waals surface area contributed by atoms with Crippen LogP contribution in [0.2, 0.25) is 0 Å². The number of aromatic nitrogens is 1. The molecule has 0 spiro atoms. The number of fused-ring (bicyclic) bond motifs is 4.